The molecule has 0 saturated carbocycles. The highest BCUT2D eigenvalue weighted by Crippen LogP contribution is 2.11. The summed E-state index contributed by atoms with van der Waals surface area (Å²) in [5.74, 6) is -0.135. The van der Waals surface area contributed by atoms with Crippen LogP contribution in [-0.4, -0.2) is 19.6 Å². The predicted molar refractivity (Wildman–Crippen MR) is 59.7 cm³/mol. The zero-order valence-electron chi connectivity index (χ0n) is 7.21. The van der Waals surface area contributed by atoms with Gasteiger partial charge in [-0.1, -0.05) is 6.07 Å². The van der Waals surface area contributed by atoms with E-state index in [1.807, 2.05) is 24.3 Å². The fourth-order valence-corrected chi connectivity index (χ4v) is 1.44. The summed E-state index contributed by atoms with van der Waals surface area (Å²) in [6, 6.07) is 7.60. The van der Waals surface area contributed by atoms with Crippen LogP contribution in [0.5, 0.6) is 0 Å². The van der Waals surface area contributed by atoms with Crippen molar-refractivity contribution in [3.63, 3.8) is 0 Å². The third-order valence-corrected chi connectivity index (χ3v) is 2.05. The summed E-state index contributed by atoms with van der Waals surface area (Å²) < 4.78 is 5.78. The lowest BCUT2D eigenvalue weighted by molar-refractivity contribution is -0.119. The van der Waals surface area contributed by atoms with Gasteiger partial charge in [0.1, 0.15) is 6.61 Å². The van der Waals surface area contributed by atoms with E-state index in [1.54, 1.807) is 0 Å². The molecule has 0 bridgehead atoms. The zero-order valence-corrected chi connectivity index (χ0v) is 9.37. The molecule has 0 spiro atoms. The summed E-state index contributed by atoms with van der Waals surface area (Å²) in [5.41, 5.74) is 0.800. The Labute approximate surface area is 90.6 Å². The molecule has 0 heterocycles. The second-order valence-corrected chi connectivity index (χ2v) is 3.74. The van der Waals surface area contributed by atoms with E-state index in [0.717, 1.165) is 9.26 Å². The Morgan fingerprint density at radius 2 is 2.38 bits per heavy atom. The van der Waals surface area contributed by atoms with Crippen LogP contribution in [0.3, 0.4) is 0 Å². The molecule has 4 heteroatoms. The van der Waals surface area contributed by atoms with E-state index in [9.17, 15) is 4.79 Å². The highest BCUT2D eigenvalue weighted by atomic mass is 127. The van der Waals surface area contributed by atoms with Crippen LogP contribution >= 0.6 is 22.6 Å². The number of ether oxygens (including phenoxy) is 1. The number of benzene rings is 1. The first-order chi connectivity index (χ1) is 6.22. The van der Waals surface area contributed by atoms with Gasteiger partial charge in [0.05, 0.1) is 0 Å². The van der Waals surface area contributed by atoms with Gasteiger partial charge in [0, 0.05) is 16.4 Å². The van der Waals surface area contributed by atoms with Crippen molar-refractivity contribution >= 4 is 34.2 Å². The monoisotopic (exact) mass is 291 g/mol. The molecule has 1 aromatic carbocycles. The maximum atomic E-state index is 11.1. The lowest BCUT2D eigenvalue weighted by atomic mass is 10.3. The Bertz CT molecular complexity index is 301. The van der Waals surface area contributed by atoms with Gasteiger partial charge in [-0.15, -0.1) is 0 Å². The molecule has 70 valence electrons. The second kappa shape index (κ2) is 5.18. The number of carbonyl (C=O) groups excluding carboxylic acids is 1. The highest BCUT2D eigenvalue weighted by molar-refractivity contribution is 14.1. The fraction of sp³-hybridized carbons (Fsp3) is 0.222. The first-order valence-corrected chi connectivity index (χ1v) is 4.84. The minimum Gasteiger partial charge on any atom is -0.375 e. The van der Waals surface area contributed by atoms with Crippen molar-refractivity contribution in [2.45, 2.75) is 0 Å². The van der Waals surface area contributed by atoms with E-state index in [4.69, 9.17) is 4.74 Å². The van der Waals surface area contributed by atoms with Crippen LogP contribution < -0.4 is 5.32 Å². The number of halogens is 1. The van der Waals surface area contributed by atoms with Crippen LogP contribution in [0.15, 0.2) is 24.3 Å². The molecule has 0 radical (unpaired) electrons. The Morgan fingerprint density at radius 3 is 3.00 bits per heavy atom. The number of nitrogens with one attached hydrogen (secondary N) is 1. The van der Waals surface area contributed by atoms with Crippen molar-refractivity contribution in [1.29, 1.82) is 0 Å². The van der Waals surface area contributed by atoms with Gasteiger partial charge in [0.2, 0.25) is 5.91 Å². The number of anilines is 1. The first kappa shape index (κ1) is 10.5. The number of amides is 1. The van der Waals surface area contributed by atoms with Gasteiger partial charge in [-0.25, -0.2) is 0 Å². The first-order valence-electron chi connectivity index (χ1n) is 3.76. The second-order valence-electron chi connectivity index (χ2n) is 2.49. The molecule has 0 fully saturated rings. The van der Waals surface area contributed by atoms with Gasteiger partial charge in [0.25, 0.3) is 0 Å². The van der Waals surface area contributed by atoms with Crippen LogP contribution in [0.4, 0.5) is 5.69 Å². The van der Waals surface area contributed by atoms with Crippen molar-refractivity contribution < 1.29 is 9.53 Å². The summed E-state index contributed by atoms with van der Waals surface area (Å²) >= 11 is 2.19. The average Bonchev–Trinajstić information content (AvgIpc) is 2.04. The summed E-state index contributed by atoms with van der Waals surface area (Å²) in [6.45, 7) is 0.0888. The summed E-state index contributed by atoms with van der Waals surface area (Å²) in [6.07, 6.45) is 0. The van der Waals surface area contributed by atoms with E-state index >= 15 is 0 Å². The summed E-state index contributed by atoms with van der Waals surface area (Å²) in [7, 11) is 1.49. The SMILES string of the molecule is COCC(=O)Nc1cccc(I)c1. The number of methoxy groups -OCH3 is 1. The van der Waals surface area contributed by atoms with Crippen LogP contribution in [0.1, 0.15) is 0 Å². The topological polar surface area (TPSA) is 38.3 Å². The molecule has 13 heavy (non-hydrogen) atoms. The van der Waals surface area contributed by atoms with Gasteiger partial charge in [-0.2, -0.15) is 0 Å². The normalized spacial score (nSPS) is 9.69. The van der Waals surface area contributed by atoms with Gasteiger partial charge in [-0.05, 0) is 40.8 Å². The third kappa shape index (κ3) is 3.73. The Balaban J connectivity index is 2.58. The van der Waals surface area contributed by atoms with Crippen molar-refractivity contribution in [3.05, 3.63) is 27.8 Å². The van der Waals surface area contributed by atoms with Gasteiger partial charge < -0.3 is 10.1 Å². The fourth-order valence-electron chi connectivity index (χ4n) is 0.894. The van der Waals surface area contributed by atoms with Gasteiger partial charge in [0.15, 0.2) is 0 Å². The quantitative estimate of drug-likeness (QED) is 0.863. The summed E-state index contributed by atoms with van der Waals surface area (Å²) in [5, 5.41) is 2.71. The van der Waals surface area contributed by atoms with Crippen LogP contribution in [-0.2, 0) is 9.53 Å². The van der Waals surface area contributed by atoms with Crippen molar-refractivity contribution in [2.75, 3.05) is 19.0 Å². The smallest absolute Gasteiger partial charge is 0.250 e. The minimum atomic E-state index is -0.135. The van der Waals surface area contributed by atoms with E-state index in [2.05, 4.69) is 27.9 Å². The minimum absolute atomic E-state index is 0.0888. The van der Waals surface area contributed by atoms with Crippen LogP contribution in [0.2, 0.25) is 0 Å². The maximum Gasteiger partial charge on any atom is 0.250 e. The van der Waals surface area contributed by atoms with Crippen molar-refractivity contribution in [3.8, 4) is 0 Å². The van der Waals surface area contributed by atoms with E-state index < -0.39 is 0 Å². The molecule has 1 aromatic rings. The van der Waals surface area contributed by atoms with Crippen molar-refractivity contribution in [1.82, 2.24) is 0 Å². The molecule has 0 aliphatic heterocycles. The number of carbonyl (C=O) groups is 1. The van der Waals surface area contributed by atoms with Gasteiger partial charge >= 0.3 is 0 Å². The molecule has 0 aliphatic carbocycles. The lowest BCUT2D eigenvalue weighted by Gasteiger charge is -2.03. The zero-order chi connectivity index (χ0) is 9.68. The molecule has 0 aliphatic rings. The largest absolute Gasteiger partial charge is 0.375 e. The molecule has 3 nitrogen and oxygen atoms in total. The molecule has 0 atom stereocenters. The average molecular weight is 291 g/mol. The Kier molecular flexibility index (Phi) is 4.17. The molecule has 1 amide bonds. The van der Waals surface area contributed by atoms with E-state index in [1.165, 1.54) is 7.11 Å². The van der Waals surface area contributed by atoms with Crippen molar-refractivity contribution in [2.24, 2.45) is 0 Å². The summed E-state index contributed by atoms with van der Waals surface area (Å²) in [4.78, 5) is 11.1. The number of rotatable bonds is 3. The standard InChI is InChI=1S/C9H10INO2/c1-13-6-9(12)11-8-4-2-3-7(10)5-8/h2-5H,6H2,1H3,(H,11,12). The Morgan fingerprint density at radius 1 is 1.62 bits per heavy atom. The molecule has 1 N–H and O–H groups in total. The molecule has 0 saturated heterocycles. The van der Waals surface area contributed by atoms with Crippen LogP contribution in [0, 0.1) is 3.57 Å². The number of hydrogen-bond acceptors (Lipinski definition) is 2. The van der Waals surface area contributed by atoms with E-state index in [-0.39, 0.29) is 12.5 Å². The molecular formula is C9H10INO2. The third-order valence-electron chi connectivity index (χ3n) is 1.38. The molecule has 0 unspecified atom stereocenters. The van der Waals surface area contributed by atoms with Gasteiger partial charge in [-0.3, -0.25) is 4.79 Å². The Hall–Kier alpha value is -0.620. The van der Waals surface area contributed by atoms with E-state index in [0.29, 0.717) is 0 Å². The lowest BCUT2D eigenvalue weighted by Crippen LogP contribution is -2.16. The number of hydrogen-bond donors (Lipinski definition) is 1. The predicted octanol–water partition coefficient (Wildman–Crippen LogP) is 1.88. The highest BCUT2D eigenvalue weighted by Gasteiger charge is 2.00. The molecular weight excluding hydrogens is 281 g/mol. The maximum absolute atomic E-state index is 11.1. The molecule has 0 aromatic heterocycles. The molecule has 1 rings (SSSR count). The van der Waals surface area contributed by atoms with Crippen LogP contribution in [0.25, 0.3) is 0 Å².